The number of hydrogen-bond acceptors (Lipinski definition) is 6. The molecule has 156 valence electrons. The van der Waals surface area contributed by atoms with Crippen molar-refractivity contribution in [2.75, 3.05) is 0 Å². The summed E-state index contributed by atoms with van der Waals surface area (Å²) in [5, 5.41) is 33.7. The van der Waals surface area contributed by atoms with Gasteiger partial charge in [0, 0.05) is 12.3 Å². The first-order chi connectivity index (χ1) is 12.9. The van der Waals surface area contributed by atoms with Crippen LogP contribution in [0.2, 0.25) is 0 Å². The minimum atomic E-state index is -1.38. The fraction of sp³-hybridized carbons (Fsp3) is 0.818. The van der Waals surface area contributed by atoms with E-state index in [1.165, 1.54) is 6.92 Å². The second-order valence-corrected chi connectivity index (χ2v) is 10.4. The average molecular weight is 392 g/mol. The van der Waals surface area contributed by atoms with E-state index in [4.69, 9.17) is 4.74 Å². The summed E-state index contributed by atoms with van der Waals surface area (Å²) in [5.74, 6) is -2.01. The van der Waals surface area contributed by atoms with Gasteiger partial charge in [-0.15, -0.1) is 0 Å². The van der Waals surface area contributed by atoms with Gasteiger partial charge in [-0.05, 0) is 48.5 Å². The van der Waals surface area contributed by atoms with Gasteiger partial charge in [-0.1, -0.05) is 27.4 Å². The largest absolute Gasteiger partial charge is 0.462 e. The van der Waals surface area contributed by atoms with Gasteiger partial charge in [0.2, 0.25) is 0 Å². The molecule has 28 heavy (non-hydrogen) atoms. The van der Waals surface area contributed by atoms with Crippen molar-refractivity contribution in [3.8, 4) is 0 Å². The molecule has 4 rings (SSSR count). The van der Waals surface area contributed by atoms with Gasteiger partial charge in [-0.3, -0.25) is 9.59 Å². The number of hydrogen-bond donors (Lipinski definition) is 3. The highest BCUT2D eigenvalue weighted by Crippen LogP contribution is 2.71. The lowest BCUT2D eigenvalue weighted by atomic mass is 9.39. The second-order valence-electron chi connectivity index (χ2n) is 10.4. The summed E-state index contributed by atoms with van der Waals surface area (Å²) >= 11 is 0. The van der Waals surface area contributed by atoms with E-state index in [1.54, 1.807) is 0 Å². The summed E-state index contributed by atoms with van der Waals surface area (Å²) in [5.41, 5.74) is -1.94. The van der Waals surface area contributed by atoms with Crippen LogP contribution in [0.15, 0.2) is 12.2 Å². The quantitative estimate of drug-likeness (QED) is 0.463. The Kier molecular flexibility index (Phi) is 4.22. The maximum Gasteiger partial charge on any atom is 0.302 e. The van der Waals surface area contributed by atoms with Crippen molar-refractivity contribution in [1.29, 1.82) is 0 Å². The van der Waals surface area contributed by atoms with Crippen LogP contribution in [-0.4, -0.2) is 51.5 Å². The highest BCUT2D eigenvalue weighted by molar-refractivity contribution is 6.04. The topological polar surface area (TPSA) is 104 Å². The van der Waals surface area contributed by atoms with Gasteiger partial charge < -0.3 is 20.1 Å². The molecule has 2 bridgehead atoms. The number of rotatable bonds is 1. The van der Waals surface area contributed by atoms with E-state index < -0.39 is 53.1 Å². The molecule has 4 aliphatic carbocycles. The number of aliphatic hydroxyl groups is 3. The van der Waals surface area contributed by atoms with Crippen LogP contribution in [0.1, 0.15) is 53.4 Å². The van der Waals surface area contributed by atoms with Crippen LogP contribution < -0.4 is 0 Å². The summed E-state index contributed by atoms with van der Waals surface area (Å²) in [6, 6.07) is 0. The number of carbonyl (C=O) groups excluding carboxylic acids is 2. The molecule has 0 aromatic carbocycles. The molecule has 4 fully saturated rings. The highest BCUT2D eigenvalue weighted by Gasteiger charge is 2.77. The van der Waals surface area contributed by atoms with Crippen LogP contribution in [-0.2, 0) is 14.3 Å². The van der Waals surface area contributed by atoms with E-state index >= 15 is 0 Å². The third-order valence-corrected chi connectivity index (χ3v) is 8.91. The van der Waals surface area contributed by atoms with Crippen molar-refractivity contribution in [2.45, 2.75) is 77.8 Å². The van der Waals surface area contributed by atoms with Crippen molar-refractivity contribution >= 4 is 11.8 Å². The Labute approximate surface area is 166 Å². The minimum absolute atomic E-state index is 0.0160. The van der Waals surface area contributed by atoms with Gasteiger partial charge in [-0.2, -0.15) is 0 Å². The standard InChI is InChI=1S/C22H32O6/c1-10-17-12(28-11(2)23)8-14-21(5)13(20(3,4)7-6-15(21)24)9-16(25)22(14,18(10)26)19(17)27/h12-17,19,24-25,27H,1,6-9H2,2-5H3/t12-,13?,14?,15-,16+,17?,19-,21+,22?/m1/s1. The molecule has 0 amide bonds. The summed E-state index contributed by atoms with van der Waals surface area (Å²) in [7, 11) is 0. The van der Waals surface area contributed by atoms with Gasteiger partial charge in [0.15, 0.2) is 5.78 Å². The number of ketones is 1. The Morgan fingerprint density at radius 2 is 1.75 bits per heavy atom. The van der Waals surface area contributed by atoms with E-state index in [-0.39, 0.29) is 22.7 Å². The molecule has 4 unspecified atom stereocenters. The summed E-state index contributed by atoms with van der Waals surface area (Å²) < 4.78 is 5.53. The zero-order chi connectivity index (χ0) is 20.8. The number of aliphatic hydroxyl groups excluding tert-OH is 3. The molecule has 0 aliphatic heterocycles. The fourth-order valence-electron chi connectivity index (χ4n) is 7.64. The molecule has 0 radical (unpaired) electrons. The molecule has 3 N–H and O–H groups in total. The summed E-state index contributed by atoms with van der Waals surface area (Å²) in [4.78, 5) is 25.2. The zero-order valence-corrected chi connectivity index (χ0v) is 17.1. The SMILES string of the molecule is C=C1C(=O)C23C(C[C@@H](OC(C)=O)C1[C@H]2O)[C@]1(C)C(C[C@@H]3O)C(C)(C)CC[C@H]1O. The molecule has 4 aliphatic rings. The second kappa shape index (κ2) is 5.89. The Morgan fingerprint density at radius 1 is 1.11 bits per heavy atom. The number of esters is 1. The van der Waals surface area contributed by atoms with Gasteiger partial charge in [-0.25, -0.2) is 0 Å². The molecule has 4 saturated carbocycles. The van der Waals surface area contributed by atoms with Crippen LogP contribution in [0.5, 0.6) is 0 Å². The van der Waals surface area contributed by atoms with Gasteiger partial charge in [0.25, 0.3) is 0 Å². The van der Waals surface area contributed by atoms with Gasteiger partial charge in [0.05, 0.1) is 29.6 Å². The third kappa shape index (κ3) is 2.14. The van der Waals surface area contributed by atoms with E-state index in [2.05, 4.69) is 20.4 Å². The molecule has 1 spiro atoms. The summed E-state index contributed by atoms with van der Waals surface area (Å²) in [6.07, 6.45) is -1.37. The Balaban J connectivity index is 1.91. The Morgan fingerprint density at radius 3 is 2.36 bits per heavy atom. The molecule has 6 nitrogen and oxygen atoms in total. The Hall–Kier alpha value is -1.24. The molecular formula is C22H32O6. The van der Waals surface area contributed by atoms with E-state index in [9.17, 15) is 24.9 Å². The molecule has 6 heteroatoms. The predicted molar refractivity (Wildman–Crippen MR) is 101 cm³/mol. The van der Waals surface area contributed by atoms with Gasteiger partial charge in [0.1, 0.15) is 6.10 Å². The van der Waals surface area contributed by atoms with Crippen LogP contribution in [0.4, 0.5) is 0 Å². The first-order valence-corrected chi connectivity index (χ1v) is 10.3. The maximum atomic E-state index is 13.4. The van der Waals surface area contributed by atoms with Crippen molar-refractivity contribution in [2.24, 2.45) is 34.0 Å². The lowest BCUT2D eigenvalue weighted by Crippen LogP contribution is -2.71. The monoisotopic (exact) mass is 392 g/mol. The molecular weight excluding hydrogens is 360 g/mol. The Bertz CT molecular complexity index is 743. The molecule has 0 aromatic rings. The average Bonchev–Trinajstić information content (AvgIpc) is 2.72. The third-order valence-electron chi connectivity index (χ3n) is 8.91. The fourth-order valence-corrected chi connectivity index (χ4v) is 7.64. The van der Waals surface area contributed by atoms with E-state index in [0.29, 0.717) is 19.3 Å². The molecule has 0 heterocycles. The highest BCUT2D eigenvalue weighted by atomic mass is 16.5. The van der Waals surface area contributed by atoms with E-state index in [1.807, 2.05) is 6.92 Å². The first kappa shape index (κ1) is 20.0. The minimum Gasteiger partial charge on any atom is -0.462 e. The summed E-state index contributed by atoms with van der Waals surface area (Å²) in [6.45, 7) is 11.5. The van der Waals surface area contributed by atoms with Crippen molar-refractivity contribution in [3.05, 3.63) is 12.2 Å². The lowest BCUT2D eigenvalue weighted by molar-refractivity contribution is -0.263. The normalized spacial score (nSPS) is 52.0. The zero-order valence-electron chi connectivity index (χ0n) is 17.1. The van der Waals surface area contributed by atoms with Crippen molar-refractivity contribution in [3.63, 3.8) is 0 Å². The van der Waals surface area contributed by atoms with E-state index in [0.717, 1.165) is 6.42 Å². The van der Waals surface area contributed by atoms with Crippen LogP contribution >= 0.6 is 0 Å². The van der Waals surface area contributed by atoms with Crippen LogP contribution in [0.25, 0.3) is 0 Å². The lowest BCUT2D eigenvalue weighted by Gasteiger charge is -2.66. The van der Waals surface area contributed by atoms with Gasteiger partial charge >= 0.3 is 5.97 Å². The number of carbonyl (C=O) groups is 2. The number of ether oxygens (including phenoxy) is 1. The molecule has 0 aromatic heterocycles. The van der Waals surface area contributed by atoms with Crippen molar-refractivity contribution in [1.82, 2.24) is 0 Å². The predicted octanol–water partition coefficient (Wildman–Crippen LogP) is 1.61. The molecule has 9 atom stereocenters. The van der Waals surface area contributed by atoms with Crippen molar-refractivity contribution < 1.29 is 29.6 Å². The van der Waals surface area contributed by atoms with Crippen LogP contribution in [0.3, 0.4) is 0 Å². The smallest absolute Gasteiger partial charge is 0.302 e. The molecule has 0 saturated heterocycles. The number of Topliss-reactive ketones (excluding diaryl/α,β-unsaturated/α-hetero) is 1. The number of fused-ring (bicyclic) bond motifs is 3. The maximum absolute atomic E-state index is 13.4. The van der Waals surface area contributed by atoms with Crippen LogP contribution in [0, 0.1) is 34.0 Å². The first-order valence-electron chi connectivity index (χ1n) is 10.3.